The van der Waals surface area contributed by atoms with Crippen molar-refractivity contribution in [3.8, 4) is 5.75 Å². The normalized spacial score (nSPS) is 15.4. The second-order valence-electron chi connectivity index (χ2n) is 7.11. The van der Waals surface area contributed by atoms with Crippen molar-refractivity contribution in [1.82, 2.24) is 9.55 Å². The number of para-hydroxylation sites is 2. The van der Waals surface area contributed by atoms with E-state index in [0.29, 0.717) is 18.4 Å². The average molecular weight is 334 g/mol. The number of benzene rings is 2. The molecule has 1 heterocycles. The third-order valence-corrected chi connectivity index (χ3v) is 5.27. The van der Waals surface area contributed by atoms with E-state index in [2.05, 4.69) is 66.9 Å². The van der Waals surface area contributed by atoms with Crippen molar-refractivity contribution in [1.29, 1.82) is 0 Å². The summed E-state index contributed by atoms with van der Waals surface area (Å²) in [6, 6.07) is 17.0. The third kappa shape index (κ3) is 3.41. The molecule has 25 heavy (non-hydrogen) atoms. The van der Waals surface area contributed by atoms with E-state index in [0.717, 1.165) is 24.2 Å². The van der Waals surface area contributed by atoms with Crippen LogP contribution in [0.1, 0.15) is 56.3 Å². The van der Waals surface area contributed by atoms with Crippen LogP contribution in [-0.4, -0.2) is 16.2 Å². The van der Waals surface area contributed by atoms with Crippen LogP contribution in [0.15, 0.2) is 48.5 Å². The highest BCUT2D eigenvalue weighted by Gasteiger charge is 2.29. The average Bonchev–Trinajstić information content (AvgIpc) is 3.44. The number of fused-ring (bicyclic) bond motifs is 1. The summed E-state index contributed by atoms with van der Waals surface area (Å²) in [7, 11) is 0. The minimum absolute atomic E-state index is 0.604. The first-order chi connectivity index (χ1) is 12.3. The summed E-state index contributed by atoms with van der Waals surface area (Å²) in [5, 5.41) is 0. The van der Waals surface area contributed by atoms with Gasteiger partial charge in [0.1, 0.15) is 18.2 Å². The van der Waals surface area contributed by atoms with Crippen molar-refractivity contribution in [2.24, 2.45) is 0 Å². The molecule has 1 saturated carbocycles. The molecule has 1 aliphatic rings. The zero-order valence-electron chi connectivity index (χ0n) is 15.1. The molecule has 1 aliphatic carbocycles. The molecule has 3 nitrogen and oxygen atoms in total. The van der Waals surface area contributed by atoms with Gasteiger partial charge in [0.05, 0.1) is 17.6 Å². The van der Waals surface area contributed by atoms with Crippen molar-refractivity contribution in [3.63, 3.8) is 0 Å². The van der Waals surface area contributed by atoms with Gasteiger partial charge in [0.25, 0.3) is 0 Å². The standard InChI is InChI=1S/C22H26N2O/c1-3-16(2)17-10-12-19(13-11-17)25-15-14-24-21-7-5-4-6-20(21)23-22(24)18-8-9-18/h4-7,10-13,16,18H,3,8-9,14-15H2,1-2H3. The summed E-state index contributed by atoms with van der Waals surface area (Å²) < 4.78 is 8.35. The molecule has 0 radical (unpaired) electrons. The van der Waals surface area contributed by atoms with Gasteiger partial charge < -0.3 is 9.30 Å². The third-order valence-electron chi connectivity index (χ3n) is 5.27. The molecular weight excluding hydrogens is 308 g/mol. The monoisotopic (exact) mass is 334 g/mol. The summed E-state index contributed by atoms with van der Waals surface area (Å²) in [4.78, 5) is 4.85. The van der Waals surface area contributed by atoms with Gasteiger partial charge in [0.15, 0.2) is 0 Å². The number of hydrogen-bond donors (Lipinski definition) is 0. The predicted molar refractivity (Wildman–Crippen MR) is 102 cm³/mol. The number of aromatic nitrogens is 2. The SMILES string of the molecule is CCC(C)c1ccc(OCCn2c(C3CC3)nc3ccccc32)cc1. The van der Waals surface area contributed by atoms with Gasteiger partial charge >= 0.3 is 0 Å². The molecule has 1 fully saturated rings. The zero-order valence-corrected chi connectivity index (χ0v) is 15.1. The molecule has 0 aliphatic heterocycles. The van der Waals surface area contributed by atoms with Crippen molar-refractivity contribution in [2.45, 2.75) is 51.5 Å². The fourth-order valence-electron chi connectivity index (χ4n) is 3.37. The van der Waals surface area contributed by atoms with Crippen LogP contribution in [0.4, 0.5) is 0 Å². The van der Waals surface area contributed by atoms with Crippen molar-refractivity contribution < 1.29 is 4.74 Å². The molecule has 2 aromatic carbocycles. The number of ether oxygens (including phenoxy) is 1. The maximum Gasteiger partial charge on any atom is 0.119 e. The largest absolute Gasteiger partial charge is 0.492 e. The second kappa shape index (κ2) is 6.91. The Balaban J connectivity index is 1.45. The Labute approximate surface area is 149 Å². The highest BCUT2D eigenvalue weighted by Crippen LogP contribution is 2.40. The Hall–Kier alpha value is -2.29. The van der Waals surface area contributed by atoms with Gasteiger partial charge in [-0.15, -0.1) is 0 Å². The van der Waals surface area contributed by atoms with Crippen LogP contribution in [0.3, 0.4) is 0 Å². The van der Waals surface area contributed by atoms with Gasteiger partial charge in [0, 0.05) is 5.92 Å². The van der Waals surface area contributed by atoms with E-state index in [-0.39, 0.29) is 0 Å². The molecule has 3 heteroatoms. The summed E-state index contributed by atoms with van der Waals surface area (Å²) >= 11 is 0. The van der Waals surface area contributed by atoms with Gasteiger partial charge in [-0.25, -0.2) is 4.98 Å². The molecule has 0 N–H and O–H groups in total. The van der Waals surface area contributed by atoms with Crippen LogP contribution < -0.4 is 4.74 Å². The zero-order chi connectivity index (χ0) is 17.2. The summed E-state index contributed by atoms with van der Waals surface area (Å²) in [6.07, 6.45) is 3.69. The van der Waals surface area contributed by atoms with Gasteiger partial charge in [-0.2, -0.15) is 0 Å². The van der Waals surface area contributed by atoms with Crippen LogP contribution in [0.5, 0.6) is 5.75 Å². The first-order valence-corrected chi connectivity index (χ1v) is 9.44. The number of hydrogen-bond acceptors (Lipinski definition) is 2. The maximum absolute atomic E-state index is 6.00. The van der Waals surface area contributed by atoms with Gasteiger partial charge in [0.2, 0.25) is 0 Å². The van der Waals surface area contributed by atoms with Crippen molar-refractivity contribution >= 4 is 11.0 Å². The van der Waals surface area contributed by atoms with Crippen molar-refractivity contribution in [3.05, 3.63) is 59.9 Å². The topological polar surface area (TPSA) is 27.1 Å². The molecule has 0 saturated heterocycles. The number of nitrogens with zero attached hydrogens (tertiary/aromatic N) is 2. The molecule has 0 bridgehead atoms. The predicted octanol–water partition coefficient (Wildman–Crippen LogP) is 5.51. The molecule has 1 unspecified atom stereocenters. The highest BCUT2D eigenvalue weighted by atomic mass is 16.5. The number of rotatable bonds is 7. The van der Waals surface area contributed by atoms with Crippen LogP contribution in [0.2, 0.25) is 0 Å². The molecule has 1 atom stereocenters. The first-order valence-electron chi connectivity index (χ1n) is 9.44. The van der Waals surface area contributed by atoms with Gasteiger partial charge in [-0.3, -0.25) is 0 Å². The fourth-order valence-corrected chi connectivity index (χ4v) is 3.37. The minimum Gasteiger partial charge on any atom is -0.492 e. The summed E-state index contributed by atoms with van der Waals surface area (Å²) in [5.74, 6) is 3.43. The minimum atomic E-state index is 0.604. The molecule has 3 aromatic rings. The van der Waals surface area contributed by atoms with Gasteiger partial charge in [-0.1, -0.05) is 38.1 Å². The van der Waals surface area contributed by atoms with Crippen LogP contribution >= 0.6 is 0 Å². The van der Waals surface area contributed by atoms with E-state index in [1.54, 1.807) is 0 Å². The quantitative estimate of drug-likeness (QED) is 0.570. The Bertz CT molecular complexity index is 846. The van der Waals surface area contributed by atoms with E-state index in [1.807, 2.05) is 0 Å². The Morgan fingerprint density at radius 1 is 1.12 bits per heavy atom. The van der Waals surface area contributed by atoms with E-state index < -0.39 is 0 Å². The lowest BCUT2D eigenvalue weighted by Crippen LogP contribution is -2.10. The lowest BCUT2D eigenvalue weighted by atomic mass is 9.99. The first kappa shape index (κ1) is 16.2. The van der Waals surface area contributed by atoms with E-state index in [1.165, 1.54) is 29.7 Å². The van der Waals surface area contributed by atoms with E-state index in [4.69, 9.17) is 9.72 Å². The Morgan fingerprint density at radius 3 is 2.60 bits per heavy atom. The molecule has 4 rings (SSSR count). The van der Waals surface area contributed by atoms with Crippen LogP contribution in [0, 0.1) is 0 Å². The van der Waals surface area contributed by atoms with E-state index in [9.17, 15) is 0 Å². The smallest absolute Gasteiger partial charge is 0.119 e. The Morgan fingerprint density at radius 2 is 1.88 bits per heavy atom. The summed E-state index contributed by atoms with van der Waals surface area (Å²) in [5.41, 5.74) is 3.70. The Kier molecular flexibility index (Phi) is 4.48. The molecule has 130 valence electrons. The summed E-state index contributed by atoms with van der Waals surface area (Å²) in [6.45, 7) is 6.00. The molecule has 1 aromatic heterocycles. The molecular formula is C22H26N2O. The second-order valence-corrected chi connectivity index (χ2v) is 7.11. The fraction of sp³-hybridized carbons (Fsp3) is 0.409. The number of imidazole rings is 1. The van der Waals surface area contributed by atoms with Crippen LogP contribution in [0.25, 0.3) is 11.0 Å². The molecule has 0 amide bonds. The molecule has 0 spiro atoms. The lowest BCUT2D eigenvalue weighted by Gasteiger charge is -2.12. The van der Waals surface area contributed by atoms with Crippen LogP contribution in [-0.2, 0) is 6.54 Å². The van der Waals surface area contributed by atoms with E-state index >= 15 is 0 Å². The lowest BCUT2D eigenvalue weighted by molar-refractivity contribution is 0.298. The van der Waals surface area contributed by atoms with Gasteiger partial charge in [-0.05, 0) is 55.0 Å². The van der Waals surface area contributed by atoms with Crippen molar-refractivity contribution in [2.75, 3.05) is 6.61 Å². The highest BCUT2D eigenvalue weighted by molar-refractivity contribution is 5.76. The maximum atomic E-state index is 6.00.